The molecule has 25 heavy (non-hydrogen) atoms. The molecule has 2 fully saturated rings. The third kappa shape index (κ3) is 3.75. The predicted molar refractivity (Wildman–Crippen MR) is 93.9 cm³/mol. The number of morpholine rings is 1. The molecule has 0 aliphatic carbocycles. The van der Waals surface area contributed by atoms with Crippen LogP contribution >= 0.6 is 0 Å². The summed E-state index contributed by atoms with van der Waals surface area (Å²) in [5, 5.41) is 0. The molecule has 0 spiro atoms. The Morgan fingerprint density at radius 3 is 2.72 bits per heavy atom. The fraction of sp³-hybridized carbons (Fsp3) is 0.706. The van der Waals surface area contributed by atoms with Crippen molar-refractivity contribution >= 4 is 15.9 Å². The summed E-state index contributed by atoms with van der Waals surface area (Å²) in [6.45, 7) is 7.28. The predicted octanol–water partition coefficient (Wildman–Crippen LogP) is 1.69. The zero-order chi connectivity index (χ0) is 18.1. The van der Waals surface area contributed by atoms with Crippen LogP contribution in [0, 0.1) is 5.41 Å². The molecule has 1 aromatic heterocycles. The molecule has 0 bridgehead atoms. The van der Waals surface area contributed by atoms with Crippen LogP contribution in [0.3, 0.4) is 0 Å². The fourth-order valence-electron chi connectivity index (χ4n) is 3.53. The van der Waals surface area contributed by atoms with Gasteiger partial charge in [0.15, 0.2) is 0 Å². The molecule has 3 heterocycles. The zero-order valence-electron chi connectivity index (χ0n) is 15.0. The maximum absolute atomic E-state index is 12.8. The van der Waals surface area contributed by atoms with Crippen molar-refractivity contribution in [1.29, 1.82) is 0 Å². The van der Waals surface area contributed by atoms with Gasteiger partial charge in [0.05, 0.1) is 13.2 Å². The first-order valence-electron chi connectivity index (χ1n) is 8.91. The lowest BCUT2D eigenvalue weighted by Crippen LogP contribution is -2.44. The number of carbonyl (C=O) groups is 1. The second-order valence-corrected chi connectivity index (χ2v) is 9.20. The molecule has 0 aromatic carbocycles. The molecule has 2 saturated heterocycles. The van der Waals surface area contributed by atoms with Crippen molar-refractivity contribution < 1.29 is 17.9 Å². The average molecular weight is 369 g/mol. The summed E-state index contributed by atoms with van der Waals surface area (Å²) < 4.78 is 32.0. The first kappa shape index (κ1) is 18.4. The molecular weight excluding hydrogens is 342 g/mol. The Hall–Kier alpha value is -1.38. The van der Waals surface area contributed by atoms with E-state index in [-0.39, 0.29) is 16.2 Å². The zero-order valence-corrected chi connectivity index (χ0v) is 15.8. The van der Waals surface area contributed by atoms with E-state index in [0.717, 1.165) is 25.8 Å². The smallest absolute Gasteiger partial charge is 0.270 e. The minimum atomic E-state index is -3.58. The molecule has 1 N–H and O–H groups in total. The third-order valence-electron chi connectivity index (χ3n) is 5.42. The number of rotatable bonds is 4. The van der Waals surface area contributed by atoms with Crippen LogP contribution in [0.25, 0.3) is 0 Å². The molecule has 140 valence electrons. The highest BCUT2D eigenvalue weighted by Crippen LogP contribution is 2.33. The van der Waals surface area contributed by atoms with Gasteiger partial charge in [-0.1, -0.05) is 13.8 Å². The first-order valence-corrected chi connectivity index (χ1v) is 10.4. The van der Waals surface area contributed by atoms with Gasteiger partial charge in [-0.05, 0) is 30.7 Å². The van der Waals surface area contributed by atoms with E-state index in [1.165, 1.54) is 16.6 Å². The molecular formula is C17H27N3O4S. The number of aromatic amines is 1. The number of ether oxygens (including phenoxy) is 1. The number of piperidine rings is 1. The molecule has 0 saturated carbocycles. The van der Waals surface area contributed by atoms with Gasteiger partial charge >= 0.3 is 0 Å². The second kappa shape index (κ2) is 7.09. The van der Waals surface area contributed by atoms with E-state index >= 15 is 0 Å². The van der Waals surface area contributed by atoms with Crippen LogP contribution in [0.2, 0.25) is 0 Å². The Labute approximate surface area is 149 Å². The second-order valence-electron chi connectivity index (χ2n) is 7.26. The molecule has 0 unspecified atom stereocenters. The Morgan fingerprint density at radius 2 is 2.04 bits per heavy atom. The number of amides is 1. The van der Waals surface area contributed by atoms with Gasteiger partial charge in [0.2, 0.25) is 10.0 Å². The van der Waals surface area contributed by atoms with Gasteiger partial charge < -0.3 is 14.6 Å². The van der Waals surface area contributed by atoms with Gasteiger partial charge in [0.25, 0.3) is 5.91 Å². The maximum Gasteiger partial charge on any atom is 0.270 e. The summed E-state index contributed by atoms with van der Waals surface area (Å²) in [5.74, 6) is -0.122. The third-order valence-corrected chi connectivity index (χ3v) is 7.29. The van der Waals surface area contributed by atoms with Gasteiger partial charge in [-0.15, -0.1) is 0 Å². The van der Waals surface area contributed by atoms with Gasteiger partial charge in [0.1, 0.15) is 10.6 Å². The van der Waals surface area contributed by atoms with Crippen LogP contribution < -0.4 is 0 Å². The molecule has 1 atom stereocenters. The fourth-order valence-corrected chi connectivity index (χ4v) is 4.93. The largest absolute Gasteiger partial charge is 0.379 e. The molecule has 0 radical (unpaired) electrons. The number of hydrogen-bond donors (Lipinski definition) is 1. The molecule has 8 heteroatoms. The number of nitrogens with one attached hydrogen (secondary N) is 1. The molecule has 2 aliphatic rings. The molecule has 3 rings (SSSR count). The summed E-state index contributed by atoms with van der Waals surface area (Å²) in [6, 6.07) is 1.46. The number of aromatic nitrogens is 1. The number of H-pyrrole nitrogens is 1. The summed E-state index contributed by atoms with van der Waals surface area (Å²) in [7, 11) is -3.58. The molecule has 1 aromatic rings. The van der Waals surface area contributed by atoms with Crippen molar-refractivity contribution in [1.82, 2.24) is 14.2 Å². The first-order chi connectivity index (χ1) is 11.9. The normalized spacial score (nSPS) is 25.9. The average Bonchev–Trinajstić information content (AvgIpc) is 3.13. The van der Waals surface area contributed by atoms with Crippen LogP contribution in [0.1, 0.15) is 43.6 Å². The standard InChI is InChI=1S/C17H27N3O4S/c1-3-17(2)5-4-6-19(13-17)16(21)15-11-14(12-18-15)25(22,23)20-7-9-24-10-8-20/h11-12,18H,3-10,13H2,1-2H3/t17-/m1/s1. The van der Waals surface area contributed by atoms with Crippen LogP contribution in [0.5, 0.6) is 0 Å². The van der Waals surface area contributed by atoms with E-state index < -0.39 is 10.0 Å². The van der Waals surface area contributed by atoms with Crippen molar-refractivity contribution in [2.24, 2.45) is 5.41 Å². The van der Waals surface area contributed by atoms with Gasteiger partial charge in [-0.25, -0.2) is 8.42 Å². The lowest BCUT2D eigenvalue weighted by molar-refractivity contribution is 0.0538. The molecule has 1 amide bonds. The van der Waals surface area contributed by atoms with Crippen molar-refractivity contribution in [3.63, 3.8) is 0 Å². The van der Waals surface area contributed by atoms with Crippen LogP contribution in [0.15, 0.2) is 17.2 Å². The summed E-state index contributed by atoms with van der Waals surface area (Å²) in [4.78, 5) is 17.6. The lowest BCUT2D eigenvalue weighted by atomic mass is 9.79. The minimum Gasteiger partial charge on any atom is -0.379 e. The Morgan fingerprint density at radius 1 is 1.32 bits per heavy atom. The van der Waals surface area contributed by atoms with E-state index in [4.69, 9.17) is 4.74 Å². The summed E-state index contributed by atoms with van der Waals surface area (Å²) in [6.07, 6.45) is 4.55. The quantitative estimate of drug-likeness (QED) is 0.875. The van der Waals surface area contributed by atoms with Crippen molar-refractivity contribution in [3.05, 3.63) is 18.0 Å². The van der Waals surface area contributed by atoms with Gasteiger partial charge in [-0.2, -0.15) is 4.31 Å². The van der Waals surface area contributed by atoms with E-state index in [1.807, 2.05) is 4.90 Å². The van der Waals surface area contributed by atoms with E-state index in [1.54, 1.807) is 0 Å². The number of sulfonamides is 1. The van der Waals surface area contributed by atoms with Gasteiger partial charge in [0, 0.05) is 32.4 Å². The highest BCUT2D eigenvalue weighted by molar-refractivity contribution is 7.89. The topological polar surface area (TPSA) is 82.7 Å². The van der Waals surface area contributed by atoms with Crippen molar-refractivity contribution in [2.75, 3.05) is 39.4 Å². The summed E-state index contributed by atoms with van der Waals surface area (Å²) >= 11 is 0. The minimum absolute atomic E-state index is 0.122. The summed E-state index contributed by atoms with van der Waals surface area (Å²) in [5.41, 5.74) is 0.482. The van der Waals surface area contributed by atoms with E-state index in [9.17, 15) is 13.2 Å². The van der Waals surface area contributed by atoms with Crippen molar-refractivity contribution in [2.45, 2.75) is 38.0 Å². The van der Waals surface area contributed by atoms with Crippen LogP contribution in [-0.4, -0.2) is 67.9 Å². The van der Waals surface area contributed by atoms with Crippen LogP contribution in [0.4, 0.5) is 0 Å². The highest BCUT2D eigenvalue weighted by Gasteiger charge is 2.33. The number of carbonyl (C=O) groups excluding carboxylic acids is 1. The Balaban J connectivity index is 1.75. The number of likely N-dealkylation sites (tertiary alicyclic amines) is 1. The number of nitrogens with zero attached hydrogens (tertiary/aromatic N) is 2. The van der Waals surface area contributed by atoms with E-state index in [2.05, 4.69) is 18.8 Å². The Kier molecular flexibility index (Phi) is 5.22. The monoisotopic (exact) mass is 369 g/mol. The molecule has 7 nitrogen and oxygen atoms in total. The SMILES string of the molecule is CC[C@]1(C)CCCN(C(=O)c2cc(S(=O)(=O)N3CCOCC3)c[nH]2)C1. The lowest BCUT2D eigenvalue weighted by Gasteiger charge is -2.39. The maximum atomic E-state index is 12.8. The number of hydrogen-bond acceptors (Lipinski definition) is 4. The van der Waals surface area contributed by atoms with E-state index in [0.29, 0.717) is 38.5 Å². The highest BCUT2D eigenvalue weighted by atomic mass is 32.2. The van der Waals surface area contributed by atoms with Crippen LogP contribution in [-0.2, 0) is 14.8 Å². The van der Waals surface area contributed by atoms with Gasteiger partial charge in [-0.3, -0.25) is 4.79 Å². The Bertz CT molecular complexity index is 724. The molecule has 2 aliphatic heterocycles. The van der Waals surface area contributed by atoms with Crippen molar-refractivity contribution in [3.8, 4) is 0 Å².